The van der Waals surface area contributed by atoms with Crippen LogP contribution in [0.2, 0.25) is 0 Å². The molecule has 2 N–H and O–H groups in total. The number of hydrogen-bond acceptors (Lipinski definition) is 5. The van der Waals surface area contributed by atoms with Crippen LogP contribution in [0.4, 0.5) is 5.82 Å². The van der Waals surface area contributed by atoms with Crippen molar-refractivity contribution in [3.63, 3.8) is 0 Å². The van der Waals surface area contributed by atoms with Crippen molar-refractivity contribution in [3.8, 4) is 0 Å². The number of methoxy groups -OCH3 is 1. The Bertz CT molecular complexity index is 591. The third kappa shape index (κ3) is 2.80. The summed E-state index contributed by atoms with van der Waals surface area (Å²) in [4.78, 5) is 0.0681. The molecule has 2 rings (SSSR count). The maximum absolute atomic E-state index is 12.4. The Hall–Kier alpha value is -1.38. The Balaban J connectivity index is 2.21. The van der Waals surface area contributed by atoms with Crippen molar-refractivity contribution in [1.29, 1.82) is 0 Å². The lowest BCUT2D eigenvalue weighted by molar-refractivity contribution is 0.219. The number of aromatic nitrogens is 2. The first kappa shape index (κ1) is 14.0. The molecule has 2 heterocycles. The van der Waals surface area contributed by atoms with Gasteiger partial charge in [0, 0.05) is 33.4 Å². The summed E-state index contributed by atoms with van der Waals surface area (Å²) in [5, 5.41) is 3.87. The number of hydrogen-bond donors (Lipinski definition) is 1. The van der Waals surface area contributed by atoms with Gasteiger partial charge in [0.1, 0.15) is 4.90 Å². The maximum Gasteiger partial charge on any atom is 0.248 e. The molecule has 0 fully saturated rings. The summed E-state index contributed by atoms with van der Waals surface area (Å²) in [6.07, 6.45) is 3.99. The van der Waals surface area contributed by atoms with Crippen molar-refractivity contribution in [2.45, 2.75) is 11.3 Å². The van der Waals surface area contributed by atoms with E-state index in [0.29, 0.717) is 26.1 Å². The molecule has 1 aromatic heterocycles. The van der Waals surface area contributed by atoms with E-state index < -0.39 is 10.0 Å². The molecule has 0 saturated heterocycles. The van der Waals surface area contributed by atoms with Gasteiger partial charge in [-0.25, -0.2) is 8.42 Å². The fourth-order valence-corrected chi connectivity index (χ4v) is 3.52. The van der Waals surface area contributed by atoms with Gasteiger partial charge in [0.2, 0.25) is 10.0 Å². The van der Waals surface area contributed by atoms with Crippen LogP contribution in [0.5, 0.6) is 0 Å². The molecule has 8 heteroatoms. The second-order valence-electron chi connectivity index (χ2n) is 4.46. The van der Waals surface area contributed by atoms with Gasteiger partial charge >= 0.3 is 0 Å². The van der Waals surface area contributed by atoms with E-state index >= 15 is 0 Å². The first-order chi connectivity index (χ1) is 8.95. The van der Waals surface area contributed by atoms with Gasteiger partial charge in [-0.05, 0) is 12.0 Å². The summed E-state index contributed by atoms with van der Waals surface area (Å²) in [5.41, 5.74) is 6.75. The third-order valence-electron chi connectivity index (χ3n) is 3.04. The van der Waals surface area contributed by atoms with E-state index in [0.717, 1.165) is 5.57 Å². The molecule has 0 spiro atoms. The summed E-state index contributed by atoms with van der Waals surface area (Å²) < 4.78 is 32.7. The minimum absolute atomic E-state index is 0.0363. The highest BCUT2D eigenvalue weighted by Gasteiger charge is 2.29. The van der Waals surface area contributed by atoms with Crippen LogP contribution in [0, 0.1) is 0 Å². The van der Waals surface area contributed by atoms with Gasteiger partial charge in [-0.3, -0.25) is 4.68 Å². The Labute approximate surface area is 112 Å². The average molecular weight is 286 g/mol. The Morgan fingerprint density at radius 2 is 2.26 bits per heavy atom. The molecule has 1 aliphatic rings. The number of rotatable bonds is 4. The first-order valence-corrected chi connectivity index (χ1v) is 7.35. The molecule has 1 aliphatic heterocycles. The van der Waals surface area contributed by atoms with Crippen molar-refractivity contribution >= 4 is 15.8 Å². The lowest BCUT2D eigenvalue weighted by Gasteiger charge is -2.25. The largest absolute Gasteiger partial charge is 0.381 e. The zero-order valence-electron chi connectivity index (χ0n) is 11.0. The van der Waals surface area contributed by atoms with E-state index in [4.69, 9.17) is 10.5 Å². The van der Waals surface area contributed by atoms with E-state index in [1.807, 2.05) is 6.08 Å². The van der Waals surface area contributed by atoms with Crippen molar-refractivity contribution in [3.05, 3.63) is 17.8 Å². The van der Waals surface area contributed by atoms with E-state index in [9.17, 15) is 8.42 Å². The number of ether oxygens (including phenoxy) is 1. The van der Waals surface area contributed by atoms with Gasteiger partial charge in [-0.2, -0.15) is 9.40 Å². The molecule has 0 saturated carbocycles. The SMILES string of the molecule is COCC1=CCN(S(=O)(=O)c2cn(C)nc2N)CC1. The van der Waals surface area contributed by atoms with Crippen LogP contribution in [-0.4, -0.2) is 49.3 Å². The summed E-state index contributed by atoms with van der Waals surface area (Å²) in [7, 11) is -0.304. The molecule has 0 aliphatic carbocycles. The zero-order valence-corrected chi connectivity index (χ0v) is 11.9. The number of nitrogen functional groups attached to an aromatic ring is 1. The van der Waals surface area contributed by atoms with E-state index in [1.54, 1.807) is 14.2 Å². The van der Waals surface area contributed by atoms with E-state index in [-0.39, 0.29) is 10.7 Å². The molecule has 0 unspecified atom stereocenters. The molecule has 7 nitrogen and oxygen atoms in total. The van der Waals surface area contributed by atoms with Gasteiger partial charge in [-0.1, -0.05) is 6.08 Å². The predicted octanol–water partition coefficient (Wildman–Crippen LogP) is -0.0305. The fraction of sp³-hybridized carbons (Fsp3) is 0.545. The summed E-state index contributed by atoms with van der Waals surface area (Å²) in [6, 6.07) is 0. The van der Waals surface area contributed by atoms with E-state index in [2.05, 4.69) is 5.10 Å². The summed E-state index contributed by atoms with van der Waals surface area (Å²) in [5.74, 6) is 0.0363. The Kier molecular flexibility index (Phi) is 3.93. The normalized spacial score (nSPS) is 17.5. The fourth-order valence-electron chi connectivity index (χ4n) is 2.05. The second-order valence-corrected chi connectivity index (χ2v) is 6.37. The molecule has 0 radical (unpaired) electrons. The van der Waals surface area contributed by atoms with Crippen molar-refractivity contribution < 1.29 is 13.2 Å². The van der Waals surface area contributed by atoms with Gasteiger partial charge in [0.25, 0.3) is 0 Å². The minimum Gasteiger partial charge on any atom is -0.381 e. The van der Waals surface area contributed by atoms with Crippen LogP contribution in [0.3, 0.4) is 0 Å². The number of anilines is 1. The highest BCUT2D eigenvalue weighted by Crippen LogP contribution is 2.23. The van der Waals surface area contributed by atoms with Crippen molar-refractivity contribution in [2.75, 3.05) is 32.5 Å². The molecule has 0 bridgehead atoms. The zero-order chi connectivity index (χ0) is 14.0. The molecule has 0 aromatic carbocycles. The van der Waals surface area contributed by atoms with Gasteiger partial charge in [0.15, 0.2) is 5.82 Å². The highest BCUT2D eigenvalue weighted by atomic mass is 32.2. The molecular formula is C11H18N4O3S. The van der Waals surface area contributed by atoms with Gasteiger partial charge < -0.3 is 10.5 Å². The molecule has 0 atom stereocenters. The van der Waals surface area contributed by atoms with Crippen molar-refractivity contribution in [2.24, 2.45) is 7.05 Å². The quantitative estimate of drug-likeness (QED) is 0.785. The number of sulfonamides is 1. The van der Waals surface area contributed by atoms with Crippen LogP contribution in [0.1, 0.15) is 6.42 Å². The Morgan fingerprint density at radius 3 is 2.74 bits per heavy atom. The standard InChI is InChI=1S/C11H18N4O3S/c1-14-7-10(11(12)13-14)19(16,17)15-5-3-9(4-6-15)8-18-2/h3,7H,4-6,8H2,1-2H3,(H2,12,13). The molecule has 1 aromatic rings. The number of nitrogens with zero attached hydrogens (tertiary/aromatic N) is 3. The highest BCUT2D eigenvalue weighted by molar-refractivity contribution is 7.89. The topological polar surface area (TPSA) is 90.5 Å². The van der Waals surface area contributed by atoms with Crippen LogP contribution in [0.25, 0.3) is 0 Å². The monoisotopic (exact) mass is 286 g/mol. The van der Waals surface area contributed by atoms with Crippen LogP contribution in [-0.2, 0) is 21.8 Å². The van der Waals surface area contributed by atoms with Crippen LogP contribution >= 0.6 is 0 Å². The molecule has 0 amide bonds. The smallest absolute Gasteiger partial charge is 0.248 e. The summed E-state index contributed by atoms with van der Waals surface area (Å²) in [6.45, 7) is 1.32. The first-order valence-electron chi connectivity index (χ1n) is 5.91. The lowest BCUT2D eigenvalue weighted by atomic mass is 10.1. The third-order valence-corrected chi connectivity index (χ3v) is 4.92. The van der Waals surface area contributed by atoms with Gasteiger partial charge in [0.05, 0.1) is 6.61 Å². The number of aryl methyl sites for hydroxylation is 1. The van der Waals surface area contributed by atoms with Crippen LogP contribution < -0.4 is 5.73 Å². The second kappa shape index (κ2) is 5.32. The number of nitrogens with two attached hydrogens (primary N) is 1. The summed E-state index contributed by atoms with van der Waals surface area (Å²) >= 11 is 0. The lowest BCUT2D eigenvalue weighted by Crippen LogP contribution is -2.35. The molecule has 106 valence electrons. The average Bonchev–Trinajstić information content (AvgIpc) is 2.70. The minimum atomic E-state index is -3.57. The van der Waals surface area contributed by atoms with Crippen molar-refractivity contribution in [1.82, 2.24) is 14.1 Å². The van der Waals surface area contributed by atoms with Gasteiger partial charge in [-0.15, -0.1) is 0 Å². The Morgan fingerprint density at radius 1 is 1.53 bits per heavy atom. The maximum atomic E-state index is 12.4. The predicted molar refractivity (Wildman–Crippen MR) is 71.0 cm³/mol. The molecule has 19 heavy (non-hydrogen) atoms. The van der Waals surface area contributed by atoms with Crippen LogP contribution in [0.15, 0.2) is 22.7 Å². The van der Waals surface area contributed by atoms with E-state index in [1.165, 1.54) is 15.2 Å². The molecular weight excluding hydrogens is 268 g/mol.